The van der Waals surface area contributed by atoms with Gasteiger partial charge in [-0.05, 0) is 62.7 Å². The van der Waals surface area contributed by atoms with Gasteiger partial charge in [-0.3, -0.25) is 9.59 Å². The van der Waals surface area contributed by atoms with Gasteiger partial charge in [-0.25, -0.2) is 13.2 Å². The monoisotopic (exact) mass is 495 g/mol. The quantitative estimate of drug-likeness (QED) is 0.370. The Bertz CT molecular complexity index is 1300. The van der Waals surface area contributed by atoms with E-state index in [1.165, 1.54) is 37.3 Å². The van der Waals surface area contributed by atoms with Crippen LogP contribution in [0.3, 0.4) is 0 Å². The maximum Gasteiger partial charge on any atom is 0.341 e. The van der Waals surface area contributed by atoms with Crippen LogP contribution in [0.2, 0.25) is 5.02 Å². The summed E-state index contributed by atoms with van der Waals surface area (Å²) >= 11 is 6.72. The highest BCUT2D eigenvalue weighted by Gasteiger charge is 2.27. The maximum atomic E-state index is 12.7. The molecule has 0 aliphatic heterocycles. The van der Waals surface area contributed by atoms with Crippen LogP contribution in [0.25, 0.3) is 0 Å². The number of thiophene rings is 1. The molecule has 0 aliphatic rings. The first-order chi connectivity index (χ1) is 15.1. The Morgan fingerprint density at radius 1 is 1.12 bits per heavy atom. The lowest BCUT2D eigenvalue weighted by Gasteiger charge is -2.06. The zero-order chi connectivity index (χ0) is 23.6. The number of furan rings is 1. The maximum absolute atomic E-state index is 12.7. The fourth-order valence-corrected chi connectivity index (χ4v) is 5.25. The number of Topliss-reactive ketones (excluding diaryl/α,β-unsaturated/α-hetero) is 1. The minimum absolute atomic E-state index is 0.0483. The zero-order valence-electron chi connectivity index (χ0n) is 17.2. The number of esters is 1. The lowest BCUT2D eigenvalue weighted by molar-refractivity contribution is 0.0527. The Morgan fingerprint density at radius 2 is 1.78 bits per heavy atom. The molecule has 11 heteroatoms. The molecule has 1 aromatic carbocycles. The number of rotatable bonds is 7. The Morgan fingerprint density at radius 3 is 2.38 bits per heavy atom. The van der Waals surface area contributed by atoms with E-state index >= 15 is 0 Å². The molecule has 0 saturated carbocycles. The summed E-state index contributed by atoms with van der Waals surface area (Å²) in [5, 5.41) is 2.56. The second-order valence-electron chi connectivity index (χ2n) is 6.57. The minimum atomic E-state index is -4.01. The summed E-state index contributed by atoms with van der Waals surface area (Å²) in [5.41, 5.74) is 0.456. The third-order valence-corrected chi connectivity index (χ3v) is 7.57. The summed E-state index contributed by atoms with van der Waals surface area (Å²) < 4.78 is 35.7. The Balaban J connectivity index is 1.91. The number of ether oxygens (including phenoxy) is 1. The van der Waals surface area contributed by atoms with E-state index in [-0.39, 0.29) is 33.6 Å². The van der Waals surface area contributed by atoms with E-state index in [9.17, 15) is 22.8 Å². The molecule has 32 heavy (non-hydrogen) atoms. The molecule has 1 N–H and O–H groups in total. The second kappa shape index (κ2) is 9.27. The molecular weight excluding hydrogens is 478 g/mol. The molecule has 0 spiro atoms. The number of hydrogen-bond donors (Lipinski definition) is 1. The number of anilines is 1. The highest BCUT2D eigenvalue weighted by molar-refractivity contribution is 7.91. The van der Waals surface area contributed by atoms with Crippen molar-refractivity contribution in [2.75, 3.05) is 11.9 Å². The molecule has 1 amide bonds. The highest BCUT2D eigenvalue weighted by atomic mass is 35.5. The summed E-state index contributed by atoms with van der Waals surface area (Å²) in [4.78, 5) is 37.2. The fraction of sp³-hybridized carbons (Fsp3) is 0.190. The highest BCUT2D eigenvalue weighted by Crippen LogP contribution is 2.34. The standard InChI is InChI=1S/C21H18ClNO7S2/c1-4-29-21(26)17-11(2)18(12(3)24)31-20(17)23-19(25)15-9-10-16(30-15)32(27,28)14-7-5-13(22)6-8-14/h5-10H,4H2,1-3H3,(H,23,25). The number of hydrogen-bond acceptors (Lipinski definition) is 8. The molecule has 0 saturated heterocycles. The van der Waals surface area contributed by atoms with Gasteiger partial charge in [0.15, 0.2) is 11.5 Å². The molecule has 0 aliphatic carbocycles. The summed E-state index contributed by atoms with van der Waals surface area (Å²) in [6, 6.07) is 7.86. The van der Waals surface area contributed by atoms with Crippen LogP contribution < -0.4 is 5.32 Å². The predicted molar refractivity (Wildman–Crippen MR) is 119 cm³/mol. The molecule has 0 unspecified atom stereocenters. The third kappa shape index (κ3) is 4.62. The molecule has 2 heterocycles. The van der Waals surface area contributed by atoms with Gasteiger partial charge in [0.05, 0.1) is 21.9 Å². The first-order valence-electron chi connectivity index (χ1n) is 9.29. The van der Waals surface area contributed by atoms with Gasteiger partial charge in [0.25, 0.3) is 5.91 Å². The lowest BCUT2D eigenvalue weighted by atomic mass is 10.1. The van der Waals surface area contributed by atoms with E-state index in [4.69, 9.17) is 20.8 Å². The smallest absolute Gasteiger partial charge is 0.341 e. The molecule has 0 atom stereocenters. The van der Waals surface area contributed by atoms with Gasteiger partial charge in [0.2, 0.25) is 14.9 Å². The lowest BCUT2D eigenvalue weighted by Crippen LogP contribution is -2.14. The SMILES string of the molecule is CCOC(=O)c1c(NC(=O)c2ccc(S(=O)(=O)c3ccc(Cl)cc3)o2)sc(C(C)=O)c1C. The Kier molecular flexibility index (Phi) is 6.87. The summed E-state index contributed by atoms with van der Waals surface area (Å²) in [7, 11) is -4.01. The van der Waals surface area contributed by atoms with Gasteiger partial charge >= 0.3 is 5.97 Å². The van der Waals surface area contributed by atoms with Crippen molar-refractivity contribution in [1.29, 1.82) is 0 Å². The zero-order valence-corrected chi connectivity index (χ0v) is 19.6. The van der Waals surface area contributed by atoms with E-state index < -0.39 is 26.8 Å². The number of halogens is 1. The van der Waals surface area contributed by atoms with Gasteiger partial charge < -0.3 is 14.5 Å². The summed E-state index contributed by atoms with van der Waals surface area (Å²) in [6.07, 6.45) is 0. The molecule has 3 rings (SSSR count). The number of sulfone groups is 1. The van der Waals surface area contributed by atoms with E-state index in [0.717, 1.165) is 17.4 Å². The van der Waals surface area contributed by atoms with Gasteiger partial charge in [-0.1, -0.05) is 11.6 Å². The Labute approximate surface area is 193 Å². The van der Waals surface area contributed by atoms with Crippen molar-refractivity contribution in [2.24, 2.45) is 0 Å². The van der Waals surface area contributed by atoms with E-state index in [1.54, 1.807) is 13.8 Å². The minimum Gasteiger partial charge on any atom is -0.462 e. The number of carbonyl (C=O) groups is 3. The van der Waals surface area contributed by atoms with Crippen LogP contribution >= 0.6 is 22.9 Å². The molecule has 0 bridgehead atoms. The summed E-state index contributed by atoms with van der Waals surface area (Å²) in [5.74, 6) is -2.03. The second-order valence-corrected chi connectivity index (χ2v) is 9.90. The van der Waals surface area contributed by atoms with Crippen molar-refractivity contribution in [3.8, 4) is 0 Å². The van der Waals surface area contributed by atoms with Crippen LogP contribution in [0.15, 0.2) is 50.8 Å². The van der Waals surface area contributed by atoms with Crippen molar-refractivity contribution >= 4 is 55.4 Å². The van der Waals surface area contributed by atoms with E-state index in [0.29, 0.717) is 15.5 Å². The topological polar surface area (TPSA) is 120 Å². The van der Waals surface area contributed by atoms with Crippen LogP contribution in [-0.4, -0.2) is 32.7 Å². The Hall–Kier alpha value is -2.95. The largest absolute Gasteiger partial charge is 0.462 e. The molecule has 8 nitrogen and oxygen atoms in total. The van der Waals surface area contributed by atoms with Gasteiger partial charge in [-0.2, -0.15) is 0 Å². The first kappa shape index (κ1) is 23.7. The van der Waals surface area contributed by atoms with Crippen molar-refractivity contribution in [3.05, 3.63) is 63.2 Å². The van der Waals surface area contributed by atoms with Crippen molar-refractivity contribution in [1.82, 2.24) is 0 Å². The van der Waals surface area contributed by atoms with Crippen LogP contribution in [0.5, 0.6) is 0 Å². The van der Waals surface area contributed by atoms with Crippen LogP contribution in [0, 0.1) is 6.92 Å². The van der Waals surface area contributed by atoms with Crippen LogP contribution in [0.4, 0.5) is 5.00 Å². The molecule has 168 valence electrons. The molecular formula is C21H18ClNO7S2. The van der Waals surface area contributed by atoms with Crippen molar-refractivity contribution < 1.29 is 32.0 Å². The number of amides is 1. The van der Waals surface area contributed by atoms with Crippen molar-refractivity contribution in [2.45, 2.75) is 30.8 Å². The fourth-order valence-electron chi connectivity index (χ4n) is 2.87. The average Bonchev–Trinajstić information content (AvgIpc) is 3.34. The number of benzene rings is 1. The average molecular weight is 496 g/mol. The first-order valence-corrected chi connectivity index (χ1v) is 12.0. The summed E-state index contributed by atoms with van der Waals surface area (Å²) in [6.45, 7) is 4.68. The van der Waals surface area contributed by atoms with Crippen molar-refractivity contribution in [3.63, 3.8) is 0 Å². The molecule has 0 fully saturated rings. The molecule has 2 aromatic heterocycles. The van der Waals surface area contributed by atoms with Gasteiger partial charge in [0, 0.05) is 5.02 Å². The third-order valence-electron chi connectivity index (χ3n) is 4.37. The van der Waals surface area contributed by atoms with Gasteiger partial charge in [-0.15, -0.1) is 11.3 Å². The van der Waals surface area contributed by atoms with Crippen LogP contribution in [0.1, 0.15) is 50.0 Å². The van der Waals surface area contributed by atoms with Gasteiger partial charge in [0.1, 0.15) is 5.00 Å². The van der Waals surface area contributed by atoms with Crippen LogP contribution in [-0.2, 0) is 14.6 Å². The molecule has 0 radical (unpaired) electrons. The number of carbonyl (C=O) groups excluding carboxylic acids is 3. The predicted octanol–water partition coefficient (Wildman–Crippen LogP) is 4.77. The molecule has 3 aromatic rings. The van der Waals surface area contributed by atoms with E-state index in [1.807, 2.05) is 0 Å². The van der Waals surface area contributed by atoms with E-state index in [2.05, 4.69) is 5.32 Å². The normalized spacial score (nSPS) is 11.2. The number of ketones is 1. The number of nitrogens with one attached hydrogen (secondary N) is 1.